The molecule has 0 amide bonds. The van der Waals surface area contributed by atoms with Crippen molar-refractivity contribution in [3.8, 4) is 0 Å². The molecule has 1 aliphatic carbocycles. The van der Waals surface area contributed by atoms with Gasteiger partial charge in [-0.3, -0.25) is 0 Å². The fourth-order valence-corrected chi connectivity index (χ4v) is 2.18. The molecular formula is C10H20. The molecule has 0 spiro atoms. The maximum Gasteiger partial charge on any atom is -0.0386 e. The van der Waals surface area contributed by atoms with Crippen LogP contribution in [-0.2, 0) is 0 Å². The van der Waals surface area contributed by atoms with Crippen LogP contribution < -0.4 is 0 Å². The molecule has 0 heterocycles. The highest BCUT2D eigenvalue weighted by Gasteiger charge is 2.23. The summed E-state index contributed by atoms with van der Waals surface area (Å²) in [7, 11) is 0. The number of hydrogen-bond donors (Lipinski definition) is 0. The first-order chi connectivity index (χ1) is 4.70. The second-order valence-electron chi connectivity index (χ2n) is 4.30. The van der Waals surface area contributed by atoms with Crippen LogP contribution in [0.1, 0.15) is 46.5 Å². The van der Waals surface area contributed by atoms with Crippen LogP contribution in [-0.4, -0.2) is 0 Å². The van der Waals surface area contributed by atoms with Crippen molar-refractivity contribution in [2.75, 3.05) is 0 Å². The normalized spacial score (nSPS) is 33.6. The quantitative estimate of drug-likeness (QED) is 0.551. The maximum absolute atomic E-state index is 2.42. The summed E-state index contributed by atoms with van der Waals surface area (Å²) < 4.78 is 0. The molecule has 1 aliphatic rings. The van der Waals surface area contributed by atoms with Crippen LogP contribution in [0.5, 0.6) is 0 Å². The van der Waals surface area contributed by atoms with Crippen LogP contribution >= 0.6 is 0 Å². The van der Waals surface area contributed by atoms with E-state index in [0.29, 0.717) is 0 Å². The third kappa shape index (κ3) is 2.00. The largest absolute Gasteiger partial charge is 0.0628 e. The number of hydrogen-bond acceptors (Lipinski definition) is 0. The highest BCUT2D eigenvalue weighted by atomic mass is 14.3. The summed E-state index contributed by atoms with van der Waals surface area (Å²) in [5.41, 5.74) is 0. The molecule has 0 aromatic heterocycles. The molecule has 0 radical (unpaired) electrons. The third-order valence-electron chi connectivity index (χ3n) is 2.81. The highest BCUT2D eigenvalue weighted by Crippen LogP contribution is 2.35. The summed E-state index contributed by atoms with van der Waals surface area (Å²) in [4.78, 5) is 0. The molecule has 0 nitrogen and oxygen atoms in total. The summed E-state index contributed by atoms with van der Waals surface area (Å²) >= 11 is 0. The van der Waals surface area contributed by atoms with Gasteiger partial charge in [-0.25, -0.2) is 0 Å². The van der Waals surface area contributed by atoms with Crippen molar-refractivity contribution in [1.82, 2.24) is 0 Å². The summed E-state index contributed by atoms with van der Waals surface area (Å²) in [6, 6.07) is 0. The molecule has 0 aliphatic heterocycles. The minimum Gasteiger partial charge on any atom is -0.0628 e. The van der Waals surface area contributed by atoms with Crippen LogP contribution in [0.2, 0.25) is 0 Å². The Bertz CT molecular complexity index is 94.2. The van der Waals surface area contributed by atoms with E-state index in [9.17, 15) is 0 Å². The van der Waals surface area contributed by atoms with Crippen LogP contribution in [0.25, 0.3) is 0 Å². The van der Waals surface area contributed by atoms with E-state index in [2.05, 4.69) is 20.8 Å². The Balaban J connectivity index is 2.26. The number of rotatable bonds is 2. The molecule has 0 saturated heterocycles. The van der Waals surface area contributed by atoms with E-state index >= 15 is 0 Å². The van der Waals surface area contributed by atoms with Crippen molar-refractivity contribution in [2.24, 2.45) is 17.8 Å². The van der Waals surface area contributed by atoms with Gasteiger partial charge in [-0.2, -0.15) is 0 Å². The van der Waals surface area contributed by atoms with E-state index in [1.807, 2.05) is 0 Å². The molecule has 0 aromatic carbocycles. The molecule has 2 unspecified atom stereocenters. The van der Waals surface area contributed by atoms with E-state index in [-0.39, 0.29) is 0 Å². The average molecular weight is 140 g/mol. The van der Waals surface area contributed by atoms with Gasteiger partial charge in [-0.15, -0.1) is 0 Å². The van der Waals surface area contributed by atoms with Crippen LogP contribution in [0, 0.1) is 17.8 Å². The molecule has 0 heteroatoms. The first-order valence-electron chi connectivity index (χ1n) is 4.70. The fourth-order valence-electron chi connectivity index (χ4n) is 2.18. The van der Waals surface area contributed by atoms with Gasteiger partial charge in [0.25, 0.3) is 0 Å². The zero-order chi connectivity index (χ0) is 7.56. The second kappa shape index (κ2) is 3.41. The average Bonchev–Trinajstić information content (AvgIpc) is 2.15. The van der Waals surface area contributed by atoms with Gasteiger partial charge in [0.1, 0.15) is 0 Å². The van der Waals surface area contributed by atoms with Gasteiger partial charge in [-0.1, -0.05) is 40.0 Å². The summed E-state index contributed by atoms with van der Waals surface area (Å²) in [5.74, 6) is 2.98. The van der Waals surface area contributed by atoms with Gasteiger partial charge < -0.3 is 0 Å². The van der Waals surface area contributed by atoms with Gasteiger partial charge in [0, 0.05) is 0 Å². The van der Waals surface area contributed by atoms with Crippen molar-refractivity contribution in [3.05, 3.63) is 0 Å². The van der Waals surface area contributed by atoms with E-state index in [1.165, 1.54) is 25.7 Å². The fraction of sp³-hybridized carbons (Fsp3) is 1.00. The van der Waals surface area contributed by atoms with Crippen LogP contribution in [0.4, 0.5) is 0 Å². The van der Waals surface area contributed by atoms with Gasteiger partial charge >= 0.3 is 0 Å². The summed E-state index contributed by atoms with van der Waals surface area (Å²) in [6.45, 7) is 7.09. The lowest BCUT2D eigenvalue weighted by Crippen LogP contribution is -2.06. The Morgan fingerprint density at radius 2 is 2.00 bits per heavy atom. The predicted molar refractivity (Wildman–Crippen MR) is 46.0 cm³/mol. The Morgan fingerprint density at radius 3 is 2.40 bits per heavy atom. The van der Waals surface area contributed by atoms with E-state index in [1.54, 1.807) is 0 Å². The Morgan fingerprint density at radius 1 is 1.30 bits per heavy atom. The van der Waals surface area contributed by atoms with E-state index in [4.69, 9.17) is 0 Å². The lowest BCUT2D eigenvalue weighted by atomic mass is 9.89. The Labute approximate surface area is 65.0 Å². The molecule has 2 atom stereocenters. The second-order valence-corrected chi connectivity index (χ2v) is 4.30. The van der Waals surface area contributed by atoms with Crippen molar-refractivity contribution >= 4 is 0 Å². The molecule has 1 saturated carbocycles. The molecule has 0 aromatic rings. The summed E-state index contributed by atoms with van der Waals surface area (Å²) in [5, 5.41) is 0. The highest BCUT2D eigenvalue weighted by molar-refractivity contribution is 4.74. The molecule has 0 bridgehead atoms. The lowest BCUT2D eigenvalue weighted by Gasteiger charge is -2.16. The topological polar surface area (TPSA) is 0 Å². The third-order valence-corrected chi connectivity index (χ3v) is 2.81. The molecule has 1 fully saturated rings. The van der Waals surface area contributed by atoms with Gasteiger partial charge in [0.2, 0.25) is 0 Å². The monoisotopic (exact) mass is 140 g/mol. The standard InChI is InChI=1S/C10H20/c1-8(2)7-10-6-4-5-9(10)3/h8-10H,4-7H2,1-3H3. The minimum atomic E-state index is 0.908. The van der Waals surface area contributed by atoms with Crippen molar-refractivity contribution in [2.45, 2.75) is 46.5 Å². The zero-order valence-electron chi connectivity index (χ0n) is 7.56. The van der Waals surface area contributed by atoms with E-state index in [0.717, 1.165) is 17.8 Å². The van der Waals surface area contributed by atoms with Gasteiger partial charge in [-0.05, 0) is 24.2 Å². The molecule has 0 N–H and O–H groups in total. The predicted octanol–water partition coefficient (Wildman–Crippen LogP) is 3.47. The molecular weight excluding hydrogens is 120 g/mol. The summed E-state index contributed by atoms with van der Waals surface area (Å²) in [6.07, 6.45) is 5.93. The van der Waals surface area contributed by atoms with Crippen LogP contribution in [0.15, 0.2) is 0 Å². The Kier molecular flexibility index (Phi) is 2.76. The molecule has 10 heavy (non-hydrogen) atoms. The van der Waals surface area contributed by atoms with Gasteiger partial charge in [0.05, 0.1) is 0 Å². The molecule has 1 rings (SSSR count). The maximum atomic E-state index is 2.42. The zero-order valence-corrected chi connectivity index (χ0v) is 7.56. The molecule has 60 valence electrons. The SMILES string of the molecule is CC(C)CC1CCCC1C. The smallest absolute Gasteiger partial charge is 0.0386 e. The van der Waals surface area contributed by atoms with Crippen molar-refractivity contribution in [3.63, 3.8) is 0 Å². The van der Waals surface area contributed by atoms with E-state index < -0.39 is 0 Å². The Hall–Kier alpha value is 0. The minimum absolute atomic E-state index is 0.908. The lowest BCUT2D eigenvalue weighted by molar-refractivity contribution is 0.343. The first kappa shape index (κ1) is 8.10. The van der Waals surface area contributed by atoms with Gasteiger partial charge in [0.15, 0.2) is 0 Å². The van der Waals surface area contributed by atoms with Crippen molar-refractivity contribution in [1.29, 1.82) is 0 Å². The van der Waals surface area contributed by atoms with Crippen molar-refractivity contribution < 1.29 is 0 Å². The van der Waals surface area contributed by atoms with Crippen LogP contribution in [0.3, 0.4) is 0 Å². The first-order valence-corrected chi connectivity index (χ1v) is 4.70.